The van der Waals surface area contributed by atoms with E-state index in [0.717, 1.165) is 17.7 Å². The second-order valence-electron chi connectivity index (χ2n) is 6.67. The highest BCUT2D eigenvalue weighted by atomic mass is 16.5. The Morgan fingerprint density at radius 2 is 1.89 bits per heavy atom. The molecule has 27 heavy (non-hydrogen) atoms. The Kier molecular flexibility index (Phi) is 7.55. The lowest BCUT2D eigenvalue weighted by atomic mass is 10.2. The van der Waals surface area contributed by atoms with Crippen molar-refractivity contribution in [2.75, 3.05) is 23.9 Å². The number of urea groups is 1. The number of amides is 2. The molecule has 0 saturated carbocycles. The average molecular weight is 371 g/mol. The van der Waals surface area contributed by atoms with Gasteiger partial charge < -0.3 is 15.4 Å². The lowest BCUT2D eigenvalue weighted by Crippen LogP contribution is -2.41. The molecule has 1 unspecified atom stereocenters. The molecule has 0 aliphatic carbocycles. The molecule has 2 aromatic rings. The Balaban J connectivity index is 2.35. The third-order valence-corrected chi connectivity index (χ3v) is 4.14. The van der Waals surface area contributed by atoms with Crippen LogP contribution in [0.2, 0.25) is 0 Å². The topological polar surface area (TPSA) is 79.4 Å². The number of methoxy groups -OCH3 is 1. The number of carbonyl (C=O) groups is 1. The van der Waals surface area contributed by atoms with Crippen LogP contribution in [0.25, 0.3) is 0 Å². The Labute approximate surface area is 161 Å². The van der Waals surface area contributed by atoms with Gasteiger partial charge in [0.15, 0.2) is 0 Å². The fourth-order valence-electron chi connectivity index (χ4n) is 2.48. The molecule has 0 radical (unpaired) electrons. The Bertz CT molecular complexity index is 735. The summed E-state index contributed by atoms with van der Waals surface area (Å²) in [5.74, 6) is 0.951. The van der Waals surface area contributed by atoms with Crippen molar-refractivity contribution in [1.29, 1.82) is 0 Å². The van der Waals surface area contributed by atoms with Crippen LogP contribution in [0.4, 0.5) is 22.2 Å². The second kappa shape index (κ2) is 9.87. The van der Waals surface area contributed by atoms with E-state index in [1.807, 2.05) is 52.0 Å². The summed E-state index contributed by atoms with van der Waals surface area (Å²) < 4.78 is 5.14. The molecule has 0 aliphatic heterocycles. The van der Waals surface area contributed by atoms with E-state index in [0.29, 0.717) is 18.4 Å². The van der Waals surface area contributed by atoms with Crippen molar-refractivity contribution >= 4 is 23.5 Å². The molecule has 0 fully saturated rings. The summed E-state index contributed by atoms with van der Waals surface area (Å²) in [6, 6.07) is 9.38. The van der Waals surface area contributed by atoms with Crippen molar-refractivity contribution in [2.45, 2.75) is 46.2 Å². The zero-order valence-corrected chi connectivity index (χ0v) is 16.7. The number of nitrogens with one attached hydrogen (secondary N) is 2. The van der Waals surface area contributed by atoms with Crippen molar-refractivity contribution in [2.24, 2.45) is 0 Å². The Morgan fingerprint density at radius 3 is 2.52 bits per heavy atom. The number of aromatic nitrogens is 2. The lowest BCUT2D eigenvalue weighted by Gasteiger charge is -2.25. The van der Waals surface area contributed by atoms with E-state index in [4.69, 9.17) is 4.74 Å². The first-order valence-electron chi connectivity index (χ1n) is 9.20. The smallest absolute Gasteiger partial charge is 0.327 e. The molecule has 0 aliphatic rings. The largest absolute Gasteiger partial charge is 0.383 e. The number of nitrogens with zero attached hydrogens (tertiary/aromatic N) is 3. The molecular weight excluding hydrogens is 342 g/mol. The summed E-state index contributed by atoms with van der Waals surface area (Å²) in [4.78, 5) is 23.3. The maximum Gasteiger partial charge on any atom is 0.327 e. The Morgan fingerprint density at radius 1 is 1.19 bits per heavy atom. The molecule has 2 atom stereocenters. The van der Waals surface area contributed by atoms with Crippen LogP contribution in [0.3, 0.4) is 0 Å². The highest BCUT2D eigenvalue weighted by Gasteiger charge is 2.21. The van der Waals surface area contributed by atoms with Gasteiger partial charge in [0.05, 0.1) is 12.3 Å². The monoisotopic (exact) mass is 371 g/mol. The van der Waals surface area contributed by atoms with Crippen LogP contribution in [0.1, 0.15) is 32.8 Å². The van der Waals surface area contributed by atoms with E-state index in [1.165, 1.54) is 0 Å². The minimum Gasteiger partial charge on any atom is -0.383 e. The summed E-state index contributed by atoms with van der Waals surface area (Å²) >= 11 is 0. The summed E-state index contributed by atoms with van der Waals surface area (Å²) in [7, 11) is 1.65. The van der Waals surface area contributed by atoms with Crippen LogP contribution < -0.4 is 15.5 Å². The molecule has 7 nitrogen and oxygen atoms in total. The van der Waals surface area contributed by atoms with E-state index in [1.54, 1.807) is 24.3 Å². The van der Waals surface area contributed by atoms with Gasteiger partial charge in [-0.3, -0.25) is 0 Å². The predicted molar refractivity (Wildman–Crippen MR) is 109 cm³/mol. The van der Waals surface area contributed by atoms with Crippen molar-refractivity contribution in [3.05, 3.63) is 42.1 Å². The van der Waals surface area contributed by atoms with Gasteiger partial charge in [-0.1, -0.05) is 24.6 Å². The third kappa shape index (κ3) is 5.92. The summed E-state index contributed by atoms with van der Waals surface area (Å²) in [6.07, 6.45) is 2.49. The van der Waals surface area contributed by atoms with Crippen LogP contribution in [0, 0.1) is 6.92 Å². The molecule has 1 aromatic carbocycles. The molecule has 0 spiro atoms. The maximum absolute atomic E-state index is 12.9. The standard InChI is InChI=1S/C20H29N5O2/c1-6-15(3)23-20(26)25(17-9-7-14(2)8-10-17)18-11-12-21-19(24-18)22-16(4)13-27-5/h7-12,15-16H,6,13H2,1-5H3,(H,23,26)(H,21,22,24)/t15?,16-/m0/s1. The van der Waals surface area contributed by atoms with E-state index in [-0.39, 0.29) is 18.1 Å². The minimum atomic E-state index is -0.220. The quantitative estimate of drug-likeness (QED) is 0.736. The highest BCUT2D eigenvalue weighted by Crippen LogP contribution is 2.25. The maximum atomic E-state index is 12.9. The molecule has 0 bridgehead atoms. The number of rotatable bonds is 8. The van der Waals surface area contributed by atoms with Gasteiger partial charge in [0, 0.05) is 31.5 Å². The van der Waals surface area contributed by atoms with Crippen molar-refractivity contribution < 1.29 is 9.53 Å². The number of anilines is 3. The van der Waals surface area contributed by atoms with Crippen LogP contribution in [-0.2, 0) is 4.74 Å². The SMILES string of the molecule is CCC(C)NC(=O)N(c1ccc(C)cc1)c1ccnc(N[C@@H](C)COC)n1. The molecule has 0 saturated heterocycles. The van der Waals surface area contributed by atoms with Gasteiger partial charge in [0.25, 0.3) is 0 Å². The van der Waals surface area contributed by atoms with Gasteiger partial charge in [-0.15, -0.1) is 0 Å². The van der Waals surface area contributed by atoms with E-state index in [2.05, 4.69) is 20.6 Å². The van der Waals surface area contributed by atoms with Crippen molar-refractivity contribution in [1.82, 2.24) is 15.3 Å². The van der Waals surface area contributed by atoms with Gasteiger partial charge in [-0.2, -0.15) is 4.98 Å². The number of hydrogen-bond acceptors (Lipinski definition) is 5. The minimum absolute atomic E-state index is 0.0482. The number of carbonyl (C=O) groups excluding carboxylic acids is 1. The Hall–Kier alpha value is -2.67. The van der Waals surface area contributed by atoms with Gasteiger partial charge >= 0.3 is 6.03 Å². The first-order valence-corrected chi connectivity index (χ1v) is 9.20. The molecule has 146 valence electrons. The number of ether oxygens (including phenoxy) is 1. The normalized spacial score (nSPS) is 12.9. The molecule has 2 amide bonds. The molecule has 1 heterocycles. The molecule has 2 rings (SSSR count). The second-order valence-corrected chi connectivity index (χ2v) is 6.67. The summed E-state index contributed by atoms with van der Waals surface area (Å²) in [6.45, 7) is 8.53. The van der Waals surface area contributed by atoms with Gasteiger partial charge in [0.2, 0.25) is 5.95 Å². The molecule has 1 aromatic heterocycles. The van der Waals surface area contributed by atoms with E-state index < -0.39 is 0 Å². The molecular formula is C20H29N5O2. The fraction of sp³-hybridized carbons (Fsp3) is 0.450. The number of hydrogen-bond donors (Lipinski definition) is 2. The fourth-order valence-corrected chi connectivity index (χ4v) is 2.48. The summed E-state index contributed by atoms with van der Waals surface area (Å²) in [5.41, 5.74) is 1.87. The van der Waals surface area contributed by atoms with E-state index >= 15 is 0 Å². The van der Waals surface area contributed by atoms with Crippen molar-refractivity contribution in [3.8, 4) is 0 Å². The van der Waals surface area contributed by atoms with Crippen LogP contribution in [0.5, 0.6) is 0 Å². The zero-order chi connectivity index (χ0) is 19.8. The molecule has 2 N–H and O–H groups in total. The van der Waals surface area contributed by atoms with Gasteiger partial charge in [-0.25, -0.2) is 14.7 Å². The average Bonchev–Trinajstić information content (AvgIpc) is 2.64. The molecule has 7 heteroatoms. The van der Waals surface area contributed by atoms with E-state index in [9.17, 15) is 4.79 Å². The predicted octanol–water partition coefficient (Wildman–Crippen LogP) is 3.88. The first-order chi connectivity index (χ1) is 12.9. The zero-order valence-electron chi connectivity index (χ0n) is 16.7. The van der Waals surface area contributed by atoms with Crippen LogP contribution in [-0.4, -0.2) is 41.8 Å². The van der Waals surface area contributed by atoms with Crippen LogP contribution in [0.15, 0.2) is 36.5 Å². The van der Waals surface area contributed by atoms with Crippen LogP contribution >= 0.6 is 0 Å². The van der Waals surface area contributed by atoms with Gasteiger partial charge in [0.1, 0.15) is 5.82 Å². The number of benzene rings is 1. The summed E-state index contributed by atoms with van der Waals surface area (Å²) in [5, 5.41) is 6.19. The lowest BCUT2D eigenvalue weighted by molar-refractivity contribution is 0.190. The third-order valence-electron chi connectivity index (χ3n) is 4.14. The highest BCUT2D eigenvalue weighted by molar-refractivity contribution is 5.98. The number of aryl methyl sites for hydroxylation is 1. The van der Waals surface area contributed by atoms with Crippen molar-refractivity contribution in [3.63, 3.8) is 0 Å². The first kappa shape index (κ1) is 20.6. The van der Waals surface area contributed by atoms with Gasteiger partial charge in [-0.05, 0) is 39.3 Å².